The number of benzene rings is 18. The Labute approximate surface area is 694 Å². The van der Waals surface area contributed by atoms with E-state index >= 15 is 0 Å². The monoisotopic (exact) mass is 1550 g/mol. The zero-order chi connectivity index (χ0) is 78.9. The Kier molecular flexibility index (Phi) is 16.8. The third-order valence-corrected chi connectivity index (χ3v) is 26.9. The summed E-state index contributed by atoms with van der Waals surface area (Å²) in [6.45, 7) is 11.5. The van der Waals surface area contributed by atoms with Crippen LogP contribution in [0.3, 0.4) is 0 Å². The Morgan fingerprint density at radius 1 is 0.229 bits per heavy atom. The smallest absolute Gasteiger partial charge is 0.143 e. The van der Waals surface area contributed by atoms with E-state index in [-0.39, 0.29) is 10.8 Å². The van der Waals surface area contributed by atoms with Crippen LogP contribution >= 0.6 is 22.7 Å². The predicted octanol–water partition coefficient (Wildman–Crippen LogP) is 32.8. The van der Waals surface area contributed by atoms with Gasteiger partial charge in [0.05, 0.1) is 5.69 Å². The molecule has 0 fully saturated rings. The molecule has 5 nitrogen and oxygen atoms in total. The molecule has 0 N–H and O–H groups in total. The topological polar surface area (TPSA) is 26.1 Å². The Bertz CT molecular complexity index is 7340. The number of furan rings is 1. The van der Waals surface area contributed by atoms with Gasteiger partial charge in [0.2, 0.25) is 0 Å². The van der Waals surface area contributed by atoms with Gasteiger partial charge in [-0.2, -0.15) is 0 Å². The van der Waals surface area contributed by atoms with Crippen molar-refractivity contribution in [2.24, 2.45) is 0 Å². The molecule has 3 heterocycles. The molecule has 0 spiro atoms. The van der Waals surface area contributed by atoms with Gasteiger partial charge in [-0.25, -0.2) is 0 Å². The summed E-state index contributed by atoms with van der Waals surface area (Å²) < 4.78 is 11.8. The van der Waals surface area contributed by atoms with Crippen LogP contribution in [-0.2, 0) is 10.8 Å². The summed E-state index contributed by atoms with van der Waals surface area (Å²) in [4.78, 5) is 9.58. The molecule has 0 saturated carbocycles. The Morgan fingerprint density at radius 3 is 1.10 bits per heavy atom. The molecule has 0 amide bonds. The van der Waals surface area contributed by atoms with Gasteiger partial charge in [0, 0.05) is 141 Å². The Balaban J connectivity index is 0.000000143. The zero-order valence-electron chi connectivity index (χ0n) is 66.0. The maximum absolute atomic E-state index is 6.78. The first-order valence-corrected chi connectivity index (χ1v) is 42.3. The van der Waals surface area contributed by atoms with Crippen LogP contribution < -0.4 is 19.6 Å². The van der Waals surface area contributed by atoms with E-state index in [1.54, 1.807) is 0 Å². The summed E-state index contributed by atoms with van der Waals surface area (Å²) in [6, 6.07) is 144. The van der Waals surface area contributed by atoms with Gasteiger partial charge in [-0.15, -0.1) is 22.7 Å². The molecular weight excluding hydrogens is 1470 g/mol. The number of hydrogen-bond acceptors (Lipinski definition) is 7. The molecule has 2 aliphatic rings. The molecule has 0 unspecified atom stereocenters. The average molecular weight is 1550 g/mol. The van der Waals surface area contributed by atoms with Crippen LogP contribution in [-0.4, -0.2) is 0 Å². The number of fused-ring (bicyclic) bond motifs is 18. The number of rotatable bonds is 13. The highest BCUT2D eigenvalue weighted by Crippen LogP contribution is 2.55. The largest absolute Gasteiger partial charge is 0.455 e. The van der Waals surface area contributed by atoms with E-state index in [1.807, 2.05) is 22.7 Å². The number of aryl methyl sites for hydroxylation is 1. The first-order valence-electron chi connectivity index (χ1n) is 40.7. The van der Waals surface area contributed by atoms with Crippen LogP contribution in [0, 0.1) is 6.92 Å². The standard InChI is InChI=1S/C57H38N2OS.C54H42N2S/c1-37-13-12-19-41(33-37)58(40-17-6-3-7-18-40)43-25-29-50-51-30-26-44(36-56(51)61-55(50)35-43)59(53-32-31-45(38-14-4-2-5-15-38)47-21-10-11-22-48(47)53)42-24-28-49-52-27-23-39-16-8-9-20-46(39)57(52)60-54(49)34-42;1-53(2)47-21-13-11-19-41(47)45-31-37(25-29-49(45)53)55(35-15-7-5-8-16-35)39-23-27-43-44-28-24-40(34-52(44)57-51(43)33-39)56(36-17-9-6-10-18-36)38-26-30-50-46(32-38)42-20-12-14-22-48(42)54(50,3)4/h2-36H,1H3;5-34H,1-4H3. The second-order valence-electron chi connectivity index (χ2n) is 32.4. The summed E-state index contributed by atoms with van der Waals surface area (Å²) in [5.41, 5.74) is 29.8. The van der Waals surface area contributed by atoms with E-state index in [4.69, 9.17) is 4.42 Å². The number of nitrogens with zero attached hydrogens (tertiary/aromatic N) is 4. The maximum Gasteiger partial charge on any atom is 0.143 e. The summed E-state index contributed by atoms with van der Waals surface area (Å²) >= 11 is 3.72. The molecule has 7 heteroatoms. The molecule has 23 rings (SSSR count). The van der Waals surface area contributed by atoms with Gasteiger partial charge in [-0.05, 0) is 224 Å². The zero-order valence-corrected chi connectivity index (χ0v) is 67.7. The average Bonchev–Trinajstić information content (AvgIpc) is 1.58. The van der Waals surface area contributed by atoms with E-state index in [1.165, 1.54) is 118 Å². The van der Waals surface area contributed by atoms with E-state index in [0.29, 0.717) is 0 Å². The summed E-state index contributed by atoms with van der Waals surface area (Å²) in [6.07, 6.45) is 0. The second kappa shape index (κ2) is 28.1. The van der Waals surface area contributed by atoms with Crippen molar-refractivity contribution < 1.29 is 4.42 Å². The Hall–Kier alpha value is -14.1. The lowest BCUT2D eigenvalue weighted by Gasteiger charge is -2.27. The van der Waals surface area contributed by atoms with Crippen molar-refractivity contribution in [2.75, 3.05) is 19.6 Å². The van der Waals surface area contributed by atoms with Crippen molar-refractivity contribution in [1.29, 1.82) is 0 Å². The second-order valence-corrected chi connectivity index (χ2v) is 34.6. The van der Waals surface area contributed by atoms with E-state index in [0.717, 1.165) is 95.6 Å². The van der Waals surface area contributed by atoms with Crippen molar-refractivity contribution in [2.45, 2.75) is 45.4 Å². The van der Waals surface area contributed by atoms with Crippen molar-refractivity contribution in [1.82, 2.24) is 0 Å². The Morgan fingerprint density at radius 2 is 0.602 bits per heavy atom. The molecule has 562 valence electrons. The van der Waals surface area contributed by atoms with Crippen molar-refractivity contribution in [3.8, 4) is 33.4 Å². The minimum absolute atomic E-state index is 0.0319. The first-order chi connectivity index (χ1) is 57.9. The van der Waals surface area contributed by atoms with Crippen LogP contribution in [0.4, 0.5) is 68.2 Å². The molecule has 0 bridgehead atoms. The van der Waals surface area contributed by atoms with Gasteiger partial charge in [0.15, 0.2) is 0 Å². The fourth-order valence-electron chi connectivity index (χ4n) is 19.0. The van der Waals surface area contributed by atoms with Gasteiger partial charge in [-0.3, -0.25) is 0 Å². The van der Waals surface area contributed by atoms with Crippen molar-refractivity contribution in [3.05, 3.63) is 422 Å². The first kappa shape index (κ1) is 70.5. The minimum atomic E-state index is -0.0319. The number of hydrogen-bond donors (Lipinski definition) is 0. The molecule has 21 aromatic rings. The van der Waals surface area contributed by atoms with Gasteiger partial charge in [0.25, 0.3) is 0 Å². The quantitative estimate of drug-likeness (QED) is 0.115. The third-order valence-electron chi connectivity index (χ3n) is 24.7. The third kappa shape index (κ3) is 11.8. The number of para-hydroxylation sites is 3. The van der Waals surface area contributed by atoms with E-state index in [2.05, 4.69) is 449 Å². The van der Waals surface area contributed by atoms with E-state index in [9.17, 15) is 0 Å². The molecule has 0 saturated heterocycles. The molecule has 3 aromatic heterocycles. The van der Waals surface area contributed by atoms with Crippen LogP contribution in [0.1, 0.15) is 55.5 Å². The van der Waals surface area contributed by atoms with Crippen LogP contribution in [0.5, 0.6) is 0 Å². The van der Waals surface area contributed by atoms with Gasteiger partial charge in [-0.1, -0.05) is 270 Å². The fraction of sp³-hybridized carbons (Fsp3) is 0.0631. The minimum Gasteiger partial charge on any atom is -0.455 e. The lowest BCUT2D eigenvalue weighted by atomic mass is 9.82. The summed E-state index contributed by atoms with van der Waals surface area (Å²) in [5.74, 6) is 0. The van der Waals surface area contributed by atoms with E-state index < -0.39 is 0 Å². The molecular formula is C111H80N4OS2. The van der Waals surface area contributed by atoms with Crippen LogP contribution in [0.15, 0.2) is 399 Å². The summed E-state index contributed by atoms with van der Waals surface area (Å²) in [5, 5.41) is 12.0. The van der Waals surface area contributed by atoms with Gasteiger partial charge < -0.3 is 24.0 Å². The molecule has 118 heavy (non-hydrogen) atoms. The van der Waals surface area contributed by atoms with Crippen molar-refractivity contribution in [3.63, 3.8) is 0 Å². The normalized spacial score (nSPS) is 12.9. The predicted molar refractivity (Wildman–Crippen MR) is 505 cm³/mol. The molecule has 0 aliphatic heterocycles. The van der Waals surface area contributed by atoms with Crippen LogP contribution in [0.2, 0.25) is 0 Å². The highest BCUT2D eigenvalue weighted by Gasteiger charge is 2.38. The SMILES string of the molecule is CC1(C)c2ccccc2-c2cc(N(c3ccccc3)c3ccc4c(c3)sc3cc(N(c5ccccc5)c5ccc6c(c5)-c5ccccc5C6(C)C)ccc34)ccc21.Cc1cccc(N(c2ccccc2)c2ccc3c(c2)sc2cc(N(c4ccc5c(c4)oc4c6ccccc6ccc54)c4ccc(-c5ccccc5)c5ccccc45)ccc23)c1. The van der Waals surface area contributed by atoms with Crippen LogP contribution in [0.25, 0.3) is 117 Å². The maximum atomic E-state index is 6.78. The number of thiophene rings is 2. The lowest BCUT2D eigenvalue weighted by molar-refractivity contribution is 0.660. The lowest BCUT2D eigenvalue weighted by Crippen LogP contribution is -2.15. The van der Waals surface area contributed by atoms with Gasteiger partial charge >= 0.3 is 0 Å². The fourth-order valence-corrected chi connectivity index (χ4v) is 21.4. The molecule has 18 aromatic carbocycles. The van der Waals surface area contributed by atoms with Gasteiger partial charge in [0.1, 0.15) is 11.2 Å². The molecule has 0 radical (unpaired) electrons. The molecule has 0 atom stereocenters. The number of anilines is 12. The molecule has 2 aliphatic carbocycles. The van der Waals surface area contributed by atoms with Crippen molar-refractivity contribution >= 4 is 175 Å². The summed E-state index contributed by atoms with van der Waals surface area (Å²) in [7, 11) is 0. The highest BCUT2D eigenvalue weighted by molar-refractivity contribution is 7.26. The highest BCUT2D eigenvalue weighted by atomic mass is 32.1.